The van der Waals surface area contributed by atoms with Crippen molar-refractivity contribution >= 4 is 54.9 Å². The maximum Gasteiger partial charge on any atom is 2.00 e. The Labute approximate surface area is 455 Å². The summed E-state index contributed by atoms with van der Waals surface area (Å²) in [6.07, 6.45) is 0. The second kappa shape index (κ2) is 31.2. The predicted octanol–water partition coefficient (Wildman–Crippen LogP) is 10.2. The first-order chi connectivity index (χ1) is 34.2. The molecule has 0 fully saturated rings. The van der Waals surface area contributed by atoms with Gasteiger partial charge in [-0.25, -0.2) is 0 Å². The minimum absolute atomic E-state index is 0. The molecule has 10 rings (SSSR count). The largest absolute Gasteiger partial charge is 2.00 e. The summed E-state index contributed by atoms with van der Waals surface area (Å²) in [5.41, 5.74) is 5.56. The van der Waals surface area contributed by atoms with Crippen LogP contribution in [0.25, 0.3) is 28.2 Å². The molecule has 0 aliphatic carbocycles. The van der Waals surface area contributed by atoms with Crippen molar-refractivity contribution in [2.45, 2.75) is 6.92 Å². The van der Waals surface area contributed by atoms with Crippen LogP contribution < -0.4 is 60.5 Å². The van der Waals surface area contributed by atoms with E-state index in [4.69, 9.17) is 5.26 Å². The zero-order chi connectivity index (χ0) is 49.4. The summed E-state index contributed by atoms with van der Waals surface area (Å²) < 4.78 is 43.4. The average Bonchev–Trinajstić information content (AvgIpc) is 3.76. The Morgan fingerprint density at radius 2 is 0.625 bits per heavy atom. The molecule has 3 nitrogen and oxygen atoms in total. The number of hydrogen-bond donors (Lipinski definition) is 0. The molecule has 9 aromatic carbocycles. The van der Waals surface area contributed by atoms with Crippen molar-refractivity contribution in [1.82, 2.24) is 4.68 Å². The van der Waals surface area contributed by atoms with E-state index < -0.39 is 23.1 Å². The van der Waals surface area contributed by atoms with Crippen LogP contribution in [0.2, 0.25) is 0 Å². The first-order valence-corrected chi connectivity index (χ1v) is 25.1. The number of para-hydroxylation sites is 1. The smallest absolute Gasteiger partial charge is 1.00 e. The molecular formula is C60H51BF4IN3P2Pd. The van der Waals surface area contributed by atoms with E-state index >= 15 is 0 Å². The zero-order valence-electron chi connectivity index (χ0n) is 39.5. The van der Waals surface area contributed by atoms with Crippen molar-refractivity contribution in [2.75, 3.05) is 0 Å². The fourth-order valence-electron chi connectivity index (χ4n) is 7.37. The summed E-state index contributed by atoms with van der Waals surface area (Å²) >= 11 is 0. The molecule has 0 saturated heterocycles. The van der Waals surface area contributed by atoms with Gasteiger partial charge in [-0.2, -0.15) is 9.94 Å². The van der Waals surface area contributed by atoms with E-state index in [0.717, 1.165) is 28.2 Å². The predicted molar refractivity (Wildman–Crippen MR) is 288 cm³/mol. The molecule has 364 valence electrons. The van der Waals surface area contributed by atoms with Crippen molar-refractivity contribution in [3.63, 3.8) is 0 Å². The summed E-state index contributed by atoms with van der Waals surface area (Å²) in [5.74, 6) is 0. The van der Waals surface area contributed by atoms with Gasteiger partial charge in [0.15, 0.2) is 0 Å². The molecule has 0 aliphatic rings. The average molecular weight is 1200 g/mol. The van der Waals surface area contributed by atoms with Gasteiger partial charge in [-0.1, -0.05) is 253 Å². The Kier molecular flexibility index (Phi) is 25.3. The van der Waals surface area contributed by atoms with E-state index in [1.807, 2.05) is 18.2 Å². The molecule has 0 unspecified atom stereocenters. The number of rotatable bonds is 9. The van der Waals surface area contributed by atoms with E-state index in [0.29, 0.717) is 0 Å². The maximum atomic E-state index is 9.75. The second-order valence-corrected chi connectivity index (χ2v) is 19.6. The molecule has 0 amide bonds. The Morgan fingerprint density at radius 3 is 0.875 bits per heavy atom. The van der Waals surface area contributed by atoms with Gasteiger partial charge in [0.2, 0.25) is 5.69 Å². The number of halogens is 5. The van der Waals surface area contributed by atoms with Crippen LogP contribution in [0.4, 0.5) is 17.3 Å². The van der Waals surface area contributed by atoms with E-state index in [9.17, 15) is 17.3 Å². The Balaban J connectivity index is 0.000000217. The summed E-state index contributed by atoms with van der Waals surface area (Å²) in [7, 11) is -4.81. The van der Waals surface area contributed by atoms with E-state index in [-0.39, 0.29) is 44.4 Å². The number of hydrogen-bond acceptors (Lipinski definition) is 1. The normalized spacial score (nSPS) is 10.1. The molecule has 12 heteroatoms. The SMILES string of the molecule is CC#N.Cn1c(-c2ccccc2)[c-]c(-c2ccccc2)[n+]1-c1ccccc1.F[B-](F)(F)F.[I-].[Pd+2].c1ccc(P(c2ccccc2)c2ccccc2)cc1.c1ccc(P(c2ccccc2)c2ccccc2)cc1. The van der Waals surface area contributed by atoms with E-state index in [1.165, 1.54) is 38.8 Å². The summed E-state index contributed by atoms with van der Waals surface area (Å²) in [4.78, 5) is 0. The van der Waals surface area contributed by atoms with Gasteiger partial charge in [0.05, 0.1) is 13.1 Å². The summed E-state index contributed by atoms with van der Waals surface area (Å²) in [6, 6.07) is 101. The first-order valence-electron chi connectivity index (χ1n) is 22.5. The van der Waals surface area contributed by atoms with Gasteiger partial charge in [-0.05, 0) is 53.2 Å². The van der Waals surface area contributed by atoms with Gasteiger partial charge < -0.3 is 41.2 Å². The molecule has 0 spiro atoms. The van der Waals surface area contributed by atoms with Crippen molar-refractivity contribution in [2.24, 2.45) is 7.05 Å². The fourth-order valence-corrected chi connectivity index (χ4v) is 12.0. The first kappa shape index (κ1) is 58.3. The molecule has 0 N–H and O–H groups in total. The van der Waals surface area contributed by atoms with Crippen LogP contribution in [0.5, 0.6) is 0 Å². The fraction of sp³-hybridized carbons (Fsp3) is 0.0333. The van der Waals surface area contributed by atoms with Crippen molar-refractivity contribution in [1.29, 1.82) is 5.26 Å². The van der Waals surface area contributed by atoms with Crippen LogP contribution >= 0.6 is 15.8 Å². The van der Waals surface area contributed by atoms with Gasteiger partial charge in [0.25, 0.3) is 0 Å². The Morgan fingerprint density at radius 1 is 0.417 bits per heavy atom. The Hall–Kier alpha value is -6.28. The minimum Gasteiger partial charge on any atom is -1.00 e. The maximum absolute atomic E-state index is 9.75. The Bertz CT molecular complexity index is 2740. The summed E-state index contributed by atoms with van der Waals surface area (Å²) in [6.45, 7) is 1.43. The van der Waals surface area contributed by atoms with Crippen LogP contribution in [0, 0.1) is 17.4 Å². The number of aromatic nitrogens is 2. The third-order valence-electron chi connectivity index (χ3n) is 10.3. The van der Waals surface area contributed by atoms with Crippen LogP contribution in [0.1, 0.15) is 6.92 Å². The van der Waals surface area contributed by atoms with Crippen LogP contribution in [0.15, 0.2) is 273 Å². The van der Waals surface area contributed by atoms with E-state index in [1.54, 1.807) is 6.07 Å². The van der Waals surface area contributed by atoms with Gasteiger partial charge in [0, 0.05) is 24.8 Å². The van der Waals surface area contributed by atoms with Gasteiger partial charge in [-0.3, -0.25) is 0 Å². The zero-order valence-corrected chi connectivity index (χ0v) is 45.0. The molecule has 0 atom stereocenters. The van der Waals surface area contributed by atoms with Crippen LogP contribution in [-0.2, 0) is 27.5 Å². The number of benzene rings is 9. The second-order valence-electron chi connectivity index (χ2n) is 15.1. The molecule has 0 saturated carbocycles. The molecular weight excluding hydrogens is 1140 g/mol. The third-order valence-corrected chi connectivity index (χ3v) is 15.1. The molecule has 72 heavy (non-hydrogen) atoms. The minimum atomic E-state index is -6.00. The van der Waals surface area contributed by atoms with Crippen LogP contribution in [-0.4, -0.2) is 11.9 Å². The molecule has 0 aliphatic heterocycles. The molecule has 1 aromatic heterocycles. The van der Waals surface area contributed by atoms with Crippen molar-refractivity contribution in [3.05, 3.63) is 279 Å². The topological polar surface area (TPSA) is 32.6 Å². The molecule has 0 bridgehead atoms. The third kappa shape index (κ3) is 18.1. The van der Waals surface area contributed by atoms with Crippen LogP contribution in [0.3, 0.4) is 0 Å². The molecule has 10 aromatic rings. The molecule has 1 heterocycles. The van der Waals surface area contributed by atoms with Gasteiger partial charge >= 0.3 is 27.7 Å². The number of nitriles is 1. The van der Waals surface area contributed by atoms with E-state index in [2.05, 4.69) is 277 Å². The molecule has 0 radical (unpaired) electrons. The quantitative estimate of drug-likeness (QED) is 0.0354. The van der Waals surface area contributed by atoms with Gasteiger partial charge in [-0.15, -0.1) is 24.3 Å². The number of nitrogens with zero attached hydrogens (tertiary/aromatic N) is 3. The van der Waals surface area contributed by atoms with Crippen molar-refractivity contribution in [3.8, 4) is 34.3 Å². The summed E-state index contributed by atoms with van der Waals surface area (Å²) in [5, 5.41) is 15.7. The van der Waals surface area contributed by atoms with Gasteiger partial charge in [0.1, 0.15) is 5.69 Å². The van der Waals surface area contributed by atoms with Crippen molar-refractivity contribution < 1.29 is 66.3 Å². The standard InChI is InChI=1S/C22H18N2.2C18H15P.C2H3N.BF4.HI.Pd/c1-23-21(18-11-5-2-6-12-18)17-22(19-13-7-3-8-14-19)24(23)20-15-9-4-10-16-20;2*1-4-10-16(11-5-1)19(17-12-6-2-7-13-17)18-14-8-3-9-15-18;1-2-3;2-1(3,4)5;;/h2-16H,1H3;2*1-15H;1H3;;1H;/q;;;;-1;;+2/p-1. The monoisotopic (exact) mass is 1200 g/mol.